The van der Waals surface area contributed by atoms with E-state index in [2.05, 4.69) is 30.3 Å². The number of unbranched alkanes of at least 4 members (excludes halogenated alkanes) is 2. The van der Waals surface area contributed by atoms with Gasteiger partial charge in [0.2, 0.25) is 0 Å². The van der Waals surface area contributed by atoms with Crippen LogP contribution in [0.25, 0.3) is 0 Å². The van der Waals surface area contributed by atoms with Crippen LogP contribution in [0.2, 0.25) is 0 Å². The minimum absolute atomic E-state index is 0.119. The number of methoxy groups -OCH3 is 1. The Hall–Kier alpha value is -4.27. The number of nitrogens with zero attached hydrogens (tertiary/aromatic N) is 1. The van der Waals surface area contributed by atoms with Crippen molar-refractivity contribution in [2.24, 2.45) is 0 Å². The number of aryl methyl sites for hydroxylation is 1. The van der Waals surface area contributed by atoms with Gasteiger partial charge in [0.15, 0.2) is 0 Å². The number of carbonyl (C=O) groups excluding carboxylic acids is 2. The van der Waals surface area contributed by atoms with Gasteiger partial charge in [0.1, 0.15) is 19.0 Å². The number of benzene rings is 4. The zero-order valence-electron chi connectivity index (χ0n) is 24.4. The third-order valence-electron chi connectivity index (χ3n) is 7.07. The van der Waals surface area contributed by atoms with Crippen molar-refractivity contribution >= 4 is 30.5 Å². The molecule has 0 heterocycles. The second-order valence-corrected chi connectivity index (χ2v) is 10.5. The van der Waals surface area contributed by atoms with Crippen molar-refractivity contribution in [3.8, 4) is 5.75 Å². The summed E-state index contributed by atoms with van der Waals surface area (Å²) in [6, 6.07) is 34.6. The zero-order valence-corrected chi connectivity index (χ0v) is 25.2. The molecule has 7 nitrogen and oxygen atoms in total. The summed E-state index contributed by atoms with van der Waals surface area (Å²) < 4.78 is 12.2. The molecule has 0 saturated heterocycles. The van der Waals surface area contributed by atoms with Gasteiger partial charge in [-0.15, -0.1) is 0 Å². The van der Waals surface area contributed by atoms with Crippen LogP contribution in [0.1, 0.15) is 53.9 Å². The van der Waals surface area contributed by atoms with Gasteiger partial charge in [0, 0.05) is 5.56 Å². The van der Waals surface area contributed by atoms with Crippen LogP contribution in [-0.2, 0) is 34.0 Å². The highest BCUT2D eigenvalue weighted by atomic mass is 32.1. The number of rotatable bonds is 15. The van der Waals surface area contributed by atoms with Crippen LogP contribution >= 0.6 is 12.8 Å². The highest BCUT2D eigenvalue weighted by molar-refractivity contribution is 7.78. The van der Waals surface area contributed by atoms with Crippen LogP contribution < -0.4 is 10.1 Å². The molecule has 4 aromatic carbocycles. The third-order valence-corrected chi connectivity index (χ3v) is 7.38. The molecule has 2 amide bonds. The van der Waals surface area contributed by atoms with E-state index in [-0.39, 0.29) is 19.1 Å². The van der Waals surface area contributed by atoms with Gasteiger partial charge in [0.05, 0.1) is 18.7 Å². The molecule has 0 spiro atoms. The fourth-order valence-electron chi connectivity index (χ4n) is 4.86. The van der Waals surface area contributed by atoms with Crippen LogP contribution in [0.4, 0.5) is 10.5 Å². The maximum atomic E-state index is 13.9. The number of nitrogens with one attached hydrogen (secondary N) is 1. The molecule has 4 rings (SSSR count). The molecule has 1 atom stereocenters. The predicted molar refractivity (Wildman–Crippen MR) is 172 cm³/mol. The number of thiol groups is 1. The minimum atomic E-state index is -0.689. The highest BCUT2D eigenvalue weighted by Crippen LogP contribution is 2.38. The minimum Gasteiger partial charge on any atom is -0.496 e. The summed E-state index contributed by atoms with van der Waals surface area (Å²) >= 11 is 4.41. The Bertz CT molecular complexity index is 1420. The zero-order chi connectivity index (χ0) is 30.3. The van der Waals surface area contributed by atoms with Crippen LogP contribution in [0.15, 0.2) is 109 Å². The summed E-state index contributed by atoms with van der Waals surface area (Å²) in [6.45, 7) is 0.302. The number of hydrogen-bond acceptors (Lipinski definition) is 6. The Morgan fingerprint density at radius 2 is 1.35 bits per heavy atom. The van der Waals surface area contributed by atoms with Gasteiger partial charge in [-0.3, -0.25) is 14.9 Å². The third kappa shape index (κ3) is 9.91. The molecule has 0 aliphatic carbocycles. The first-order valence-electron chi connectivity index (χ1n) is 14.4. The topological polar surface area (TPSA) is 77.1 Å². The van der Waals surface area contributed by atoms with Crippen molar-refractivity contribution in [3.63, 3.8) is 0 Å². The number of hydrogen-bond donors (Lipinski definition) is 2. The molecule has 0 aliphatic rings. The standard InChI is InChI=1S/C35H38N2O5S/c1-40-32-24-14-23-31(36-35(39)41-25-28-18-9-3-10-19-28)33(32)30(22-13-5-8-17-27-15-6-2-7-16-27)34(38)37(43)42-26-29-20-11-4-12-21-29/h2-4,6-7,9-12,14-16,18-21,23-24,30,43H,5,8,13,17,22,25-26H2,1H3,(H,36,39). The maximum Gasteiger partial charge on any atom is 0.411 e. The Balaban J connectivity index is 1.50. The van der Waals surface area contributed by atoms with Crippen LogP contribution in [0.5, 0.6) is 5.75 Å². The number of amides is 2. The summed E-state index contributed by atoms with van der Waals surface area (Å²) in [5.74, 6) is -0.564. The highest BCUT2D eigenvalue weighted by Gasteiger charge is 2.31. The molecule has 0 fully saturated rings. The average Bonchev–Trinajstić information content (AvgIpc) is 3.05. The molecular formula is C35H38N2O5S. The van der Waals surface area contributed by atoms with E-state index in [1.165, 1.54) is 5.56 Å². The Labute approximate surface area is 259 Å². The average molecular weight is 599 g/mol. The second kappa shape index (κ2) is 17.0. The van der Waals surface area contributed by atoms with Gasteiger partial charge in [-0.05, 0) is 60.9 Å². The lowest BCUT2D eigenvalue weighted by atomic mass is 9.90. The van der Waals surface area contributed by atoms with Gasteiger partial charge in [-0.25, -0.2) is 4.79 Å². The van der Waals surface area contributed by atoms with Gasteiger partial charge in [0.25, 0.3) is 5.91 Å². The molecule has 0 bridgehead atoms. The number of hydroxylamine groups is 1. The van der Waals surface area contributed by atoms with Crippen molar-refractivity contribution in [1.29, 1.82) is 0 Å². The van der Waals surface area contributed by atoms with E-state index in [0.717, 1.165) is 41.3 Å². The largest absolute Gasteiger partial charge is 0.496 e. The first kappa shape index (κ1) is 31.7. The summed E-state index contributed by atoms with van der Waals surface area (Å²) in [6.07, 6.45) is 3.53. The van der Waals surface area contributed by atoms with Crippen molar-refractivity contribution in [1.82, 2.24) is 4.47 Å². The van der Waals surface area contributed by atoms with E-state index >= 15 is 0 Å². The predicted octanol–water partition coefficient (Wildman–Crippen LogP) is 8.14. The van der Waals surface area contributed by atoms with Crippen LogP contribution in [0, 0.1) is 0 Å². The van der Waals surface area contributed by atoms with E-state index < -0.39 is 12.0 Å². The Morgan fingerprint density at radius 1 is 0.744 bits per heavy atom. The van der Waals surface area contributed by atoms with Gasteiger partial charge in [-0.1, -0.05) is 110 Å². The normalized spacial score (nSPS) is 11.4. The fraction of sp³-hybridized carbons (Fsp3) is 0.257. The monoisotopic (exact) mass is 598 g/mol. The van der Waals surface area contributed by atoms with Gasteiger partial charge < -0.3 is 9.47 Å². The van der Waals surface area contributed by atoms with Crippen molar-refractivity contribution < 1.29 is 23.9 Å². The lowest BCUT2D eigenvalue weighted by Crippen LogP contribution is -2.29. The van der Waals surface area contributed by atoms with E-state index in [1.807, 2.05) is 78.9 Å². The molecule has 8 heteroatoms. The molecule has 43 heavy (non-hydrogen) atoms. The second-order valence-electron chi connectivity index (χ2n) is 10.1. The van der Waals surface area contributed by atoms with E-state index in [0.29, 0.717) is 23.4 Å². The molecule has 1 N–H and O–H groups in total. The van der Waals surface area contributed by atoms with Crippen molar-refractivity contribution in [2.45, 2.75) is 51.2 Å². The summed E-state index contributed by atoms with van der Waals surface area (Å²) in [5, 5.41) is 2.83. The first-order chi connectivity index (χ1) is 21.0. The van der Waals surface area contributed by atoms with Crippen LogP contribution in [0.3, 0.4) is 0 Å². The number of ether oxygens (including phenoxy) is 2. The van der Waals surface area contributed by atoms with Crippen LogP contribution in [-0.4, -0.2) is 23.6 Å². The molecule has 224 valence electrons. The molecule has 0 aliphatic heterocycles. The maximum absolute atomic E-state index is 13.9. The molecule has 0 saturated carbocycles. The Morgan fingerprint density at radius 3 is 1.98 bits per heavy atom. The molecule has 4 aromatic rings. The SMILES string of the molecule is COc1cccc(NC(=O)OCc2ccccc2)c1C(CCCCCc1ccccc1)C(=O)N(S)OCc1ccccc1. The van der Waals surface area contributed by atoms with Gasteiger partial charge in [-0.2, -0.15) is 4.47 Å². The van der Waals surface area contributed by atoms with E-state index in [9.17, 15) is 9.59 Å². The lowest BCUT2D eigenvalue weighted by Gasteiger charge is -2.26. The van der Waals surface area contributed by atoms with Crippen molar-refractivity contribution in [3.05, 3.63) is 131 Å². The molecule has 1 unspecified atom stereocenters. The molecule has 0 radical (unpaired) electrons. The summed E-state index contributed by atoms with van der Waals surface area (Å²) in [5.41, 5.74) is 4.05. The van der Waals surface area contributed by atoms with Gasteiger partial charge >= 0.3 is 6.09 Å². The quantitative estimate of drug-likeness (QED) is 0.0821. The molecular weight excluding hydrogens is 560 g/mol. The van der Waals surface area contributed by atoms with E-state index in [1.54, 1.807) is 25.3 Å². The van der Waals surface area contributed by atoms with Crippen molar-refractivity contribution in [2.75, 3.05) is 12.4 Å². The smallest absolute Gasteiger partial charge is 0.411 e. The number of anilines is 1. The Kier molecular flexibility index (Phi) is 12.5. The number of carbonyl (C=O) groups is 2. The molecule has 0 aromatic heterocycles. The van der Waals surface area contributed by atoms with E-state index in [4.69, 9.17) is 14.3 Å². The summed E-state index contributed by atoms with van der Waals surface area (Å²) in [7, 11) is 1.54. The summed E-state index contributed by atoms with van der Waals surface area (Å²) in [4.78, 5) is 32.5. The lowest BCUT2D eigenvalue weighted by molar-refractivity contribution is -0.160. The first-order valence-corrected chi connectivity index (χ1v) is 14.8. The fourth-order valence-corrected chi connectivity index (χ4v) is 5.05.